The summed E-state index contributed by atoms with van der Waals surface area (Å²) in [6, 6.07) is 0. The molecule has 1 spiro atoms. The van der Waals surface area contributed by atoms with Crippen LogP contribution < -0.4 is 0 Å². The van der Waals surface area contributed by atoms with Gasteiger partial charge >= 0.3 is 11.9 Å². The van der Waals surface area contributed by atoms with Crippen molar-refractivity contribution in [1.82, 2.24) is 4.98 Å². The van der Waals surface area contributed by atoms with Crippen molar-refractivity contribution < 1.29 is 47.2 Å². The molecule has 0 radical (unpaired) electrons. The molecule has 4 heterocycles. The van der Waals surface area contributed by atoms with E-state index < -0.39 is 35.9 Å². The Morgan fingerprint density at radius 2 is 1.79 bits per heavy atom. The van der Waals surface area contributed by atoms with Crippen LogP contribution in [0.5, 0.6) is 0 Å². The van der Waals surface area contributed by atoms with Gasteiger partial charge in [0.05, 0.1) is 37.4 Å². The van der Waals surface area contributed by atoms with Crippen LogP contribution in [-0.2, 0) is 42.8 Å². The number of fused-ring (bicyclic) bond motifs is 2. The van der Waals surface area contributed by atoms with Crippen molar-refractivity contribution in [3.8, 4) is 0 Å². The van der Waals surface area contributed by atoms with E-state index in [-0.39, 0.29) is 42.9 Å². The number of Topliss-reactive ketones (excluding diaryl/α,β-unsaturated/α-hetero) is 1. The van der Waals surface area contributed by atoms with E-state index in [0.29, 0.717) is 63.3 Å². The number of aromatic nitrogens is 1. The highest BCUT2D eigenvalue weighted by Crippen LogP contribution is 2.39. The van der Waals surface area contributed by atoms with Crippen LogP contribution in [0.25, 0.3) is 6.08 Å². The molecule has 11 nitrogen and oxygen atoms in total. The minimum absolute atomic E-state index is 0.0330. The zero-order chi connectivity index (χ0) is 31.1. The summed E-state index contributed by atoms with van der Waals surface area (Å²) in [5.41, 5.74) is 1.33. The van der Waals surface area contributed by atoms with E-state index in [1.807, 2.05) is 20.8 Å². The molecule has 0 saturated carbocycles. The van der Waals surface area contributed by atoms with Crippen LogP contribution in [0, 0.1) is 11.8 Å². The van der Waals surface area contributed by atoms with Gasteiger partial charge in [-0.1, -0.05) is 13.8 Å². The Hall–Kier alpha value is -2.60. The van der Waals surface area contributed by atoms with Gasteiger partial charge in [0, 0.05) is 51.7 Å². The van der Waals surface area contributed by atoms with Gasteiger partial charge < -0.3 is 32.8 Å². The molecule has 0 N–H and O–H groups in total. The SMILES string of the molecule is CO[C@H](C)/C(C)=C\c1nc([C@@H]2C[C@@H](OC(C)=O)CCC[C@@H]3CC4(C[C@H](CC(=O)[C@@H](C)C[C@H](C)C(=O)O2)O3)OCCO4)co1. The number of esters is 2. The van der Waals surface area contributed by atoms with Crippen molar-refractivity contribution in [1.29, 1.82) is 0 Å². The lowest BCUT2D eigenvalue weighted by atomic mass is 9.87. The normalized spacial score (nSPS) is 31.9. The third-order valence-corrected chi connectivity index (χ3v) is 8.70. The molecule has 3 saturated heterocycles. The molecule has 240 valence electrons. The highest BCUT2D eigenvalue weighted by molar-refractivity contribution is 5.82. The highest BCUT2D eigenvalue weighted by atomic mass is 16.7. The third-order valence-electron chi connectivity index (χ3n) is 8.70. The lowest BCUT2D eigenvalue weighted by molar-refractivity contribution is -0.242. The van der Waals surface area contributed by atoms with Gasteiger partial charge in [-0.15, -0.1) is 0 Å². The first-order chi connectivity index (χ1) is 20.5. The molecule has 7 atom stereocenters. The standard InChI is InChI=1S/C32H47NO10/c1-19(22(4)37-6)13-30-33-27(18-38-30)29-15-24(41-23(5)34)8-7-9-25-16-32(39-10-11-40-32)17-26(42-25)14-28(35)20(2)12-21(3)31(36)43-29/h13,18,20-22,24-26,29H,7-12,14-17H2,1-6H3/b19-13-/t20-,21-,22+,24-,25+,26-,29-/m0/s1. The minimum atomic E-state index is -0.817. The second-order valence-corrected chi connectivity index (χ2v) is 12.3. The van der Waals surface area contributed by atoms with E-state index in [2.05, 4.69) is 4.98 Å². The zero-order valence-corrected chi connectivity index (χ0v) is 26.3. The molecule has 2 bridgehead atoms. The van der Waals surface area contributed by atoms with Crippen LogP contribution in [0.15, 0.2) is 16.3 Å². The number of methoxy groups -OCH3 is 1. The minimum Gasteiger partial charge on any atom is -0.462 e. The van der Waals surface area contributed by atoms with Gasteiger partial charge in [-0.25, -0.2) is 4.98 Å². The lowest BCUT2D eigenvalue weighted by Gasteiger charge is -2.41. The number of hydrogen-bond donors (Lipinski definition) is 0. The Kier molecular flexibility index (Phi) is 11.6. The molecule has 0 aliphatic carbocycles. The fourth-order valence-corrected chi connectivity index (χ4v) is 6.12. The predicted molar refractivity (Wildman–Crippen MR) is 155 cm³/mol. The largest absolute Gasteiger partial charge is 0.462 e. The molecule has 11 heteroatoms. The number of cyclic esters (lactones) is 1. The van der Waals surface area contributed by atoms with Crippen LogP contribution in [0.1, 0.15) is 104 Å². The number of rotatable bonds is 5. The second kappa shape index (κ2) is 14.9. The van der Waals surface area contributed by atoms with Gasteiger partial charge in [-0.05, 0) is 45.1 Å². The van der Waals surface area contributed by atoms with Crippen LogP contribution >= 0.6 is 0 Å². The molecule has 1 aromatic rings. The van der Waals surface area contributed by atoms with E-state index in [0.717, 1.165) is 5.57 Å². The average molecular weight is 606 g/mol. The number of nitrogens with zero attached hydrogens (tertiary/aromatic N) is 1. The number of hydrogen-bond acceptors (Lipinski definition) is 11. The fraction of sp³-hybridized carbons (Fsp3) is 0.750. The third kappa shape index (κ3) is 9.20. The number of ether oxygens (including phenoxy) is 6. The van der Waals surface area contributed by atoms with E-state index in [1.165, 1.54) is 13.2 Å². The Balaban J connectivity index is 1.59. The zero-order valence-electron chi connectivity index (χ0n) is 26.3. The molecule has 0 amide bonds. The Labute approximate surface area is 253 Å². The lowest BCUT2D eigenvalue weighted by Crippen LogP contribution is -2.47. The molecule has 0 aromatic carbocycles. The summed E-state index contributed by atoms with van der Waals surface area (Å²) in [4.78, 5) is 43.3. The van der Waals surface area contributed by atoms with Crippen LogP contribution in [-0.4, -0.2) is 73.2 Å². The maximum atomic E-state index is 13.3. The topological polar surface area (TPSA) is 133 Å². The predicted octanol–water partition coefficient (Wildman–Crippen LogP) is 5.12. The van der Waals surface area contributed by atoms with Gasteiger partial charge in [-0.3, -0.25) is 14.4 Å². The first-order valence-electron chi connectivity index (χ1n) is 15.5. The van der Waals surface area contributed by atoms with Crippen molar-refractivity contribution in [2.24, 2.45) is 11.8 Å². The quantitative estimate of drug-likeness (QED) is 0.415. The molecule has 43 heavy (non-hydrogen) atoms. The summed E-state index contributed by atoms with van der Waals surface area (Å²) in [6.45, 7) is 9.82. The molecule has 1 aromatic heterocycles. The van der Waals surface area contributed by atoms with Crippen molar-refractivity contribution in [3.63, 3.8) is 0 Å². The Morgan fingerprint density at radius 1 is 1.07 bits per heavy atom. The van der Waals surface area contributed by atoms with E-state index in [9.17, 15) is 14.4 Å². The first kappa shape index (κ1) is 33.3. The van der Waals surface area contributed by atoms with Crippen molar-refractivity contribution >= 4 is 23.8 Å². The second-order valence-electron chi connectivity index (χ2n) is 12.3. The smallest absolute Gasteiger partial charge is 0.309 e. The van der Waals surface area contributed by atoms with Gasteiger partial charge in [0.1, 0.15) is 23.8 Å². The van der Waals surface area contributed by atoms with Gasteiger partial charge in [-0.2, -0.15) is 0 Å². The van der Waals surface area contributed by atoms with E-state index in [1.54, 1.807) is 20.1 Å². The summed E-state index contributed by atoms with van der Waals surface area (Å²) in [5, 5.41) is 0. The molecular weight excluding hydrogens is 558 g/mol. The first-order valence-corrected chi connectivity index (χ1v) is 15.5. The Bertz CT molecular complexity index is 1140. The summed E-state index contributed by atoms with van der Waals surface area (Å²) in [6.07, 6.45) is 4.97. The van der Waals surface area contributed by atoms with Gasteiger partial charge in [0.25, 0.3) is 0 Å². The fourth-order valence-electron chi connectivity index (χ4n) is 6.12. The molecule has 3 aliphatic heterocycles. The maximum Gasteiger partial charge on any atom is 0.309 e. The van der Waals surface area contributed by atoms with Crippen molar-refractivity contribution in [2.75, 3.05) is 20.3 Å². The number of carbonyl (C=O) groups is 3. The summed E-state index contributed by atoms with van der Waals surface area (Å²) >= 11 is 0. The number of carbonyl (C=O) groups excluding carboxylic acids is 3. The van der Waals surface area contributed by atoms with Crippen LogP contribution in [0.3, 0.4) is 0 Å². The van der Waals surface area contributed by atoms with Gasteiger partial charge in [0.2, 0.25) is 5.89 Å². The summed E-state index contributed by atoms with van der Waals surface area (Å²) in [5.74, 6) is -2.15. The average Bonchev–Trinajstić information content (AvgIpc) is 3.60. The Morgan fingerprint density at radius 3 is 2.49 bits per heavy atom. The highest BCUT2D eigenvalue weighted by Gasteiger charge is 2.46. The van der Waals surface area contributed by atoms with E-state index in [4.69, 9.17) is 32.8 Å². The maximum absolute atomic E-state index is 13.3. The monoisotopic (exact) mass is 605 g/mol. The summed E-state index contributed by atoms with van der Waals surface area (Å²) < 4.78 is 41.2. The van der Waals surface area contributed by atoms with E-state index >= 15 is 0 Å². The molecular formula is C32H47NO10. The van der Waals surface area contributed by atoms with Crippen molar-refractivity contribution in [2.45, 2.75) is 122 Å². The molecule has 3 fully saturated rings. The number of oxazole rings is 1. The van der Waals surface area contributed by atoms with Crippen molar-refractivity contribution in [3.05, 3.63) is 23.4 Å². The van der Waals surface area contributed by atoms with Crippen LogP contribution in [0.4, 0.5) is 0 Å². The summed E-state index contributed by atoms with van der Waals surface area (Å²) in [7, 11) is 1.62. The molecule has 3 aliphatic rings. The van der Waals surface area contributed by atoms with Crippen LogP contribution in [0.2, 0.25) is 0 Å². The van der Waals surface area contributed by atoms with Gasteiger partial charge in [0.15, 0.2) is 11.9 Å². The number of ketones is 1. The molecule has 4 rings (SSSR count). The molecule has 0 unspecified atom stereocenters.